The zero-order valence-corrected chi connectivity index (χ0v) is 9.71. The van der Waals surface area contributed by atoms with Crippen molar-refractivity contribution in [3.63, 3.8) is 0 Å². The van der Waals surface area contributed by atoms with Crippen molar-refractivity contribution >= 4 is 5.91 Å². The second-order valence-corrected chi connectivity index (χ2v) is 4.23. The van der Waals surface area contributed by atoms with Crippen molar-refractivity contribution in [3.8, 4) is 0 Å². The fraction of sp³-hybridized carbons (Fsp3) is 0.909. The second-order valence-electron chi connectivity index (χ2n) is 4.23. The summed E-state index contributed by atoms with van der Waals surface area (Å²) >= 11 is 0. The summed E-state index contributed by atoms with van der Waals surface area (Å²) in [6.07, 6.45) is 3.54. The van der Waals surface area contributed by atoms with Gasteiger partial charge in [-0.05, 0) is 25.8 Å². The Morgan fingerprint density at radius 1 is 1.67 bits per heavy atom. The number of hydrogen-bond acceptors (Lipinski definition) is 3. The zero-order valence-electron chi connectivity index (χ0n) is 9.71. The lowest BCUT2D eigenvalue weighted by atomic mass is 10.1. The van der Waals surface area contributed by atoms with Crippen LogP contribution in [0.15, 0.2) is 0 Å². The van der Waals surface area contributed by atoms with E-state index < -0.39 is 0 Å². The summed E-state index contributed by atoms with van der Waals surface area (Å²) in [5, 5.41) is 6.34. The molecule has 2 atom stereocenters. The van der Waals surface area contributed by atoms with E-state index >= 15 is 0 Å². The van der Waals surface area contributed by atoms with Crippen LogP contribution in [0.1, 0.15) is 26.2 Å². The molecule has 0 aromatic carbocycles. The Labute approximate surface area is 91.8 Å². The highest BCUT2D eigenvalue weighted by molar-refractivity contribution is 5.78. The van der Waals surface area contributed by atoms with Gasteiger partial charge in [0.2, 0.25) is 5.91 Å². The third kappa shape index (κ3) is 4.62. The van der Waals surface area contributed by atoms with Crippen LogP contribution in [0.4, 0.5) is 0 Å². The largest absolute Gasteiger partial charge is 0.384 e. The van der Waals surface area contributed by atoms with Gasteiger partial charge in [0.1, 0.15) is 0 Å². The van der Waals surface area contributed by atoms with Crippen LogP contribution in [-0.4, -0.2) is 38.8 Å². The Hall–Kier alpha value is -0.610. The Balaban J connectivity index is 2.05. The summed E-state index contributed by atoms with van der Waals surface area (Å²) in [7, 11) is 1.62. The van der Waals surface area contributed by atoms with Gasteiger partial charge in [-0.1, -0.05) is 6.92 Å². The molecule has 0 aromatic heterocycles. The molecule has 4 nitrogen and oxygen atoms in total. The average Bonchev–Trinajstić information content (AvgIpc) is 2.71. The van der Waals surface area contributed by atoms with Crippen LogP contribution in [0.5, 0.6) is 0 Å². The van der Waals surface area contributed by atoms with Crippen LogP contribution in [-0.2, 0) is 9.53 Å². The number of carbonyl (C=O) groups is 1. The van der Waals surface area contributed by atoms with E-state index in [4.69, 9.17) is 4.74 Å². The molecular weight excluding hydrogens is 192 g/mol. The molecule has 0 radical (unpaired) electrons. The van der Waals surface area contributed by atoms with E-state index in [1.807, 2.05) is 6.92 Å². The second kappa shape index (κ2) is 6.80. The number of carbonyl (C=O) groups excluding carboxylic acids is 1. The molecule has 0 aromatic rings. The predicted octanol–water partition coefficient (Wildman–Crippen LogP) is 0.527. The minimum atomic E-state index is -0.0495. The van der Waals surface area contributed by atoms with E-state index in [9.17, 15) is 4.79 Å². The van der Waals surface area contributed by atoms with Crippen LogP contribution in [0.3, 0.4) is 0 Å². The normalized spacial score (nSPS) is 22.7. The number of nitrogens with one attached hydrogen (secondary N) is 2. The van der Waals surface area contributed by atoms with Crippen molar-refractivity contribution in [2.24, 2.45) is 5.92 Å². The maximum absolute atomic E-state index is 11.5. The van der Waals surface area contributed by atoms with Gasteiger partial charge in [0.15, 0.2) is 0 Å². The molecule has 15 heavy (non-hydrogen) atoms. The van der Waals surface area contributed by atoms with E-state index in [2.05, 4.69) is 10.6 Å². The maximum Gasteiger partial charge on any atom is 0.225 e. The van der Waals surface area contributed by atoms with E-state index in [1.54, 1.807) is 7.11 Å². The Morgan fingerprint density at radius 3 is 3.07 bits per heavy atom. The van der Waals surface area contributed by atoms with Crippen LogP contribution >= 0.6 is 0 Å². The number of hydrogen-bond donors (Lipinski definition) is 2. The van der Waals surface area contributed by atoms with Crippen molar-refractivity contribution in [3.05, 3.63) is 0 Å². The number of methoxy groups -OCH3 is 1. The highest BCUT2D eigenvalue weighted by atomic mass is 16.5. The monoisotopic (exact) mass is 214 g/mol. The minimum Gasteiger partial charge on any atom is -0.384 e. The quantitative estimate of drug-likeness (QED) is 0.678. The van der Waals surface area contributed by atoms with Gasteiger partial charge in [-0.2, -0.15) is 0 Å². The summed E-state index contributed by atoms with van der Waals surface area (Å²) in [5.41, 5.74) is 0. The summed E-state index contributed by atoms with van der Waals surface area (Å²) in [6.45, 7) is 4.27. The van der Waals surface area contributed by atoms with Crippen molar-refractivity contribution in [2.75, 3.05) is 26.8 Å². The standard InChI is InChI=1S/C11H22N2O2/c1-9(8-15-2)11(14)13-7-5-10-4-3-6-12-10/h9-10,12H,3-8H2,1-2H3,(H,13,14)/t9?,10-/m1/s1. The van der Waals surface area contributed by atoms with Crippen LogP contribution in [0.2, 0.25) is 0 Å². The molecule has 1 fully saturated rings. The van der Waals surface area contributed by atoms with Gasteiger partial charge >= 0.3 is 0 Å². The first-order valence-electron chi connectivity index (χ1n) is 5.74. The van der Waals surface area contributed by atoms with E-state index in [-0.39, 0.29) is 11.8 Å². The molecule has 0 spiro atoms. The molecule has 1 rings (SSSR count). The van der Waals surface area contributed by atoms with Gasteiger partial charge in [-0.3, -0.25) is 4.79 Å². The molecule has 88 valence electrons. The Bertz CT molecular complexity index is 191. The topological polar surface area (TPSA) is 50.4 Å². The molecule has 1 saturated heterocycles. The maximum atomic E-state index is 11.5. The average molecular weight is 214 g/mol. The summed E-state index contributed by atoms with van der Waals surface area (Å²) in [6, 6.07) is 0.600. The Kier molecular flexibility index (Phi) is 5.65. The fourth-order valence-electron chi connectivity index (χ4n) is 1.87. The molecule has 4 heteroatoms. The number of ether oxygens (including phenoxy) is 1. The lowest BCUT2D eigenvalue weighted by Crippen LogP contribution is -2.35. The Morgan fingerprint density at radius 2 is 2.47 bits per heavy atom. The molecule has 1 aliphatic heterocycles. The van der Waals surface area contributed by atoms with E-state index in [1.165, 1.54) is 12.8 Å². The number of rotatable bonds is 6. The van der Waals surface area contributed by atoms with Crippen molar-refractivity contribution in [1.82, 2.24) is 10.6 Å². The highest BCUT2D eigenvalue weighted by Gasteiger charge is 2.15. The van der Waals surface area contributed by atoms with Crippen molar-refractivity contribution in [2.45, 2.75) is 32.2 Å². The third-order valence-corrected chi connectivity index (χ3v) is 2.82. The van der Waals surface area contributed by atoms with Crippen LogP contribution < -0.4 is 10.6 Å². The van der Waals surface area contributed by atoms with E-state index in [0.717, 1.165) is 19.5 Å². The van der Waals surface area contributed by atoms with E-state index in [0.29, 0.717) is 12.6 Å². The zero-order chi connectivity index (χ0) is 11.1. The van der Waals surface area contributed by atoms with Crippen molar-refractivity contribution < 1.29 is 9.53 Å². The fourth-order valence-corrected chi connectivity index (χ4v) is 1.87. The lowest BCUT2D eigenvalue weighted by Gasteiger charge is -2.13. The predicted molar refractivity (Wildman–Crippen MR) is 59.7 cm³/mol. The minimum absolute atomic E-state index is 0.0495. The molecule has 0 saturated carbocycles. The first-order valence-corrected chi connectivity index (χ1v) is 5.74. The first-order chi connectivity index (χ1) is 7.24. The van der Waals surface area contributed by atoms with Gasteiger partial charge < -0.3 is 15.4 Å². The molecule has 1 amide bonds. The third-order valence-electron chi connectivity index (χ3n) is 2.82. The van der Waals surface area contributed by atoms with Gasteiger partial charge in [0, 0.05) is 19.7 Å². The molecular formula is C11H22N2O2. The molecule has 1 unspecified atom stereocenters. The molecule has 0 aliphatic carbocycles. The summed E-state index contributed by atoms with van der Waals surface area (Å²) < 4.78 is 4.93. The van der Waals surface area contributed by atoms with Crippen molar-refractivity contribution in [1.29, 1.82) is 0 Å². The van der Waals surface area contributed by atoms with Gasteiger partial charge in [0.05, 0.1) is 12.5 Å². The molecule has 2 N–H and O–H groups in total. The highest BCUT2D eigenvalue weighted by Crippen LogP contribution is 2.07. The van der Waals surface area contributed by atoms with Gasteiger partial charge in [-0.25, -0.2) is 0 Å². The summed E-state index contributed by atoms with van der Waals surface area (Å²) in [5.74, 6) is 0.0429. The van der Waals surface area contributed by atoms with Crippen LogP contribution in [0, 0.1) is 5.92 Å². The molecule has 0 bridgehead atoms. The molecule has 1 heterocycles. The smallest absolute Gasteiger partial charge is 0.225 e. The molecule has 1 aliphatic rings. The SMILES string of the molecule is COCC(C)C(=O)NCC[C@H]1CCCN1. The summed E-state index contributed by atoms with van der Waals surface area (Å²) in [4.78, 5) is 11.5. The lowest BCUT2D eigenvalue weighted by molar-refractivity contribution is -0.125. The van der Waals surface area contributed by atoms with Gasteiger partial charge in [-0.15, -0.1) is 0 Å². The van der Waals surface area contributed by atoms with Crippen LogP contribution in [0.25, 0.3) is 0 Å². The first kappa shape index (κ1) is 12.5. The number of amides is 1. The van der Waals surface area contributed by atoms with Gasteiger partial charge in [0.25, 0.3) is 0 Å².